The van der Waals surface area contributed by atoms with Gasteiger partial charge in [0.1, 0.15) is 6.07 Å². The molecule has 0 aliphatic heterocycles. The van der Waals surface area contributed by atoms with E-state index in [1.165, 1.54) is 5.56 Å². The number of nitrogens with zero attached hydrogens (tertiary/aromatic N) is 4. The van der Waals surface area contributed by atoms with Crippen LogP contribution in [0.5, 0.6) is 0 Å². The van der Waals surface area contributed by atoms with Crippen LogP contribution < -0.4 is 0 Å². The average molecular weight is 647 g/mol. The third-order valence-corrected chi connectivity index (χ3v) is 9.91. The van der Waals surface area contributed by atoms with Crippen molar-refractivity contribution in [2.75, 3.05) is 0 Å². The quantitative estimate of drug-likeness (QED) is 0.179. The van der Waals surface area contributed by atoms with E-state index in [0.29, 0.717) is 33.5 Å². The standard InChI is InChI=1S/C47H26N4/c48-27-32-24-31(47-40-18-6-4-16-38(40)46(30-12-2-1-3-13-30)39-17-5-7-19-41(39)47)22-23-35(32)42-25-34(29-50)45(26-33(42)28-49)51-43-20-10-8-14-36(43)37-15-9-11-21-44(37)51/h1-26H. The van der Waals surface area contributed by atoms with Crippen molar-refractivity contribution in [1.29, 1.82) is 15.8 Å². The largest absolute Gasteiger partial charge is 0.308 e. The van der Waals surface area contributed by atoms with Crippen LogP contribution in [-0.4, -0.2) is 4.57 Å². The van der Waals surface area contributed by atoms with Gasteiger partial charge in [0.25, 0.3) is 0 Å². The molecule has 234 valence electrons. The Hall–Kier alpha value is -7.45. The smallest absolute Gasteiger partial charge is 0.101 e. The van der Waals surface area contributed by atoms with E-state index < -0.39 is 0 Å². The maximum atomic E-state index is 10.6. The Balaban J connectivity index is 1.26. The van der Waals surface area contributed by atoms with E-state index in [-0.39, 0.29) is 0 Å². The average Bonchev–Trinajstić information content (AvgIpc) is 3.53. The molecule has 4 nitrogen and oxygen atoms in total. The molecule has 51 heavy (non-hydrogen) atoms. The molecule has 0 radical (unpaired) electrons. The van der Waals surface area contributed by atoms with Gasteiger partial charge in [-0.2, -0.15) is 15.8 Å². The zero-order valence-electron chi connectivity index (χ0n) is 27.3. The number of hydrogen-bond donors (Lipinski definition) is 0. The Morgan fingerprint density at radius 2 is 0.804 bits per heavy atom. The zero-order valence-corrected chi connectivity index (χ0v) is 27.3. The number of nitriles is 3. The van der Waals surface area contributed by atoms with Gasteiger partial charge in [0, 0.05) is 21.9 Å². The van der Waals surface area contributed by atoms with Crippen LogP contribution in [0.25, 0.3) is 82.4 Å². The van der Waals surface area contributed by atoms with Crippen molar-refractivity contribution in [3.63, 3.8) is 0 Å². The molecule has 0 aliphatic carbocycles. The summed E-state index contributed by atoms with van der Waals surface area (Å²) in [5.74, 6) is 0. The SMILES string of the molecule is N#Cc1cc(-c2c3ccccc3c(-c3ccccc3)c3ccccc23)ccc1-c1cc(C#N)c(-n2c3ccccc3c3ccccc32)cc1C#N. The lowest BCUT2D eigenvalue weighted by atomic mass is 9.84. The maximum absolute atomic E-state index is 10.6. The molecule has 4 heteroatoms. The number of fused-ring (bicyclic) bond motifs is 5. The first-order valence-corrected chi connectivity index (χ1v) is 16.7. The highest BCUT2D eigenvalue weighted by molar-refractivity contribution is 6.21. The Morgan fingerprint density at radius 1 is 0.353 bits per heavy atom. The van der Waals surface area contributed by atoms with Crippen molar-refractivity contribution >= 4 is 43.4 Å². The highest BCUT2D eigenvalue weighted by atomic mass is 15.0. The van der Waals surface area contributed by atoms with Gasteiger partial charge in [-0.3, -0.25) is 0 Å². The summed E-state index contributed by atoms with van der Waals surface area (Å²) in [4.78, 5) is 0. The van der Waals surface area contributed by atoms with Crippen LogP contribution in [0.3, 0.4) is 0 Å². The van der Waals surface area contributed by atoms with Gasteiger partial charge < -0.3 is 4.57 Å². The van der Waals surface area contributed by atoms with Crippen molar-refractivity contribution < 1.29 is 0 Å². The van der Waals surface area contributed by atoms with E-state index in [1.54, 1.807) is 12.1 Å². The van der Waals surface area contributed by atoms with Crippen LogP contribution in [-0.2, 0) is 0 Å². The summed E-state index contributed by atoms with van der Waals surface area (Å²) in [7, 11) is 0. The molecule has 1 heterocycles. The molecular weight excluding hydrogens is 621 g/mol. The number of hydrogen-bond acceptors (Lipinski definition) is 3. The van der Waals surface area contributed by atoms with Gasteiger partial charge >= 0.3 is 0 Å². The van der Waals surface area contributed by atoms with E-state index in [4.69, 9.17) is 0 Å². The first-order valence-electron chi connectivity index (χ1n) is 16.7. The molecule has 9 rings (SSSR count). The number of aromatic nitrogens is 1. The number of para-hydroxylation sites is 2. The molecule has 8 aromatic carbocycles. The summed E-state index contributed by atoms with van der Waals surface area (Å²) in [5, 5.41) is 38.2. The van der Waals surface area contributed by atoms with Crippen molar-refractivity contribution in [3.8, 4) is 57.3 Å². The lowest BCUT2D eigenvalue weighted by Crippen LogP contribution is -2.01. The fraction of sp³-hybridized carbons (Fsp3) is 0. The van der Waals surface area contributed by atoms with Crippen molar-refractivity contribution in [1.82, 2.24) is 4.57 Å². The summed E-state index contributed by atoms with van der Waals surface area (Å²) in [6.07, 6.45) is 0. The molecule has 0 amide bonds. The van der Waals surface area contributed by atoms with Crippen LogP contribution in [0.2, 0.25) is 0 Å². The fourth-order valence-corrected chi connectivity index (χ4v) is 7.74. The predicted octanol–water partition coefficient (Wildman–Crippen LogP) is 11.7. The molecule has 1 aromatic heterocycles. The molecule has 0 aliphatic rings. The number of rotatable bonds is 4. The van der Waals surface area contributed by atoms with Gasteiger partial charge in [0.05, 0.1) is 45.5 Å². The molecular formula is C47H26N4. The van der Waals surface area contributed by atoms with Crippen molar-refractivity contribution in [2.24, 2.45) is 0 Å². The van der Waals surface area contributed by atoms with Crippen LogP contribution >= 0.6 is 0 Å². The van der Waals surface area contributed by atoms with E-state index in [0.717, 1.165) is 60.0 Å². The van der Waals surface area contributed by atoms with Crippen LogP contribution in [0.4, 0.5) is 0 Å². The summed E-state index contributed by atoms with van der Waals surface area (Å²) in [6, 6.07) is 60.1. The topological polar surface area (TPSA) is 76.3 Å². The lowest BCUT2D eigenvalue weighted by Gasteiger charge is -2.18. The fourth-order valence-electron chi connectivity index (χ4n) is 7.74. The molecule has 0 bridgehead atoms. The van der Waals surface area contributed by atoms with Crippen LogP contribution in [0.15, 0.2) is 158 Å². The van der Waals surface area contributed by atoms with E-state index in [9.17, 15) is 15.8 Å². The molecule has 0 fully saturated rings. The van der Waals surface area contributed by atoms with Crippen molar-refractivity contribution in [3.05, 3.63) is 174 Å². The second-order valence-corrected chi connectivity index (χ2v) is 12.6. The molecule has 0 spiro atoms. The van der Waals surface area contributed by atoms with Crippen LogP contribution in [0.1, 0.15) is 16.7 Å². The molecule has 0 saturated heterocycles. The monoisotopic (exact) mass is 646 g/mol. The molecule has 0 unspecified atom stereocenters. The maximum Gasteiger partial charge on any atom is 0.101 e. The third kappa shape index (κ3) is 4.58. The highest BCUT2D eigenvalue weighted by Crippen LogP contribution is 2.45. The normalized spacial score (nSPS) is 11.1. The van der Waals surface area contributed by atoms with Crippen LogP contribution in [0, 0.1) is 34.0 Å². The minimum absolute atomic E-state index is 0.387. The Labute approximate surface area is 294 Å². The minimum atomic E-state index is 0.387. The first kappa shape index (κ1) is 29.7. The Kier molecular flexibility index (Phi) is 6.93. The zero-order chi connectivity index (χ0) is 34.5. The lowest BCUT2D eigenvalue weighted by molar-refractivity contribution is 1.16. The minimum Gasteiger partial charge on any atom is -0.308 e. The predicted molar refractivity (Wildman–Crippen MR) is 206 cm³/mol. The van der Waals surface area contributed by atoms with E-state index in [1.807, 2.05) is 60.7 Å². The summed E-state index contributed by atoms with van der Waals surface area (Å²) >= 11 is 0. The van der Waals surface area contributed by atoms with Gasteiger partial charge in [-0.25, -0.2) is 0 Å². The number of benzene rings is 8. The van der Waals surface area contributed by atoms with E-state index in [2.05, 4.69) is 108 Å². The van der Waals surface area contributed by atoms with Gasteiger partial charge in [0.15, 0.2) is 0 Å². The third-order valence-electron chi connectivity index (χ3n) is 9.91. The summed E-state index contributed by atoms with van der Waals surface area (Å²) in [6.45, 7) is 0. The van der Waals surface area contributed by atoms with Gasteiger partial charge in [-0.1, -0.05) is 127 Å². The molecule has 0 N–H and O–H groups in total. The summed E-state index contributed by atoms with van der Waals surface area (Å²) < 4.78 is 2.05. The highest BCUT2D eigenvalue weighted by Gasteiger charge is 2.21. The van der Waals surface area contributed by atoms with Gasteiger partial charge in [-0.15, -0.1) is 0 Å². The molecule has 0 saturated carbocycles. The van der Waals surface area contributed by atoms with Gasteiger partial charge in [-0.05, 0) is 74.1 Å². The van der Waals surface area contributed by atoms with E-state index >= 15 is 0 Å². The molecule has 0 atom stereocenters. The van der Waals surface area contributed by atoms with Gasteiger partial charge in [0.2, 0.25) is 0 Å². The Morgan fingerprint density at radius 3 is 1.33 bits per heavy atom. The Bertz CT molecular complexity index is 2890. The molecule has 9 aromatic rings. The summed E-state index contributed by atoms with van der Waals surface area (Å²) in [5.41, 5.74) is 9.19. The first-order chi connectivity index (χ1) is 25.2. The van der Waals surface area contributed by atoms with Crippen molar-refractivity contribution in [2.45, 2.75) is 0 Å². The second kappa shape index (κ2) is 11.9. The second-order valence-electron chi connectivity index (χ2n) is 12.6.